The molecule has 2 amide bonds. The predicted molar refractivity (Wildman–Crippen MR) is 116 cm³/mol. The zero-order chi connectivity index (χ0) is 21.0. The molecule has 2 aromatic carbocycles. The molecule has 0 radical (unpaired) electrons. The molecule has 1 aliphatic heterocycles. The van der Waals surface area contributed by atoms with Crippen LogP contribution in [-0.2, 0) is 14.3 Å². The van der Waals surface area contributed by atoms with E-state index in [1.807, 2.05) is 63.2 Å². The van der Waals surface area contributed by atoms with Crippen molar-refractivity contribution in [2.45, 2.75) is 33.3 Å². The summed E-state index contributed by atoms with van der Waals surface area (Å²) in [5.74, 6) is -0.618. The summed E-state index contributed by atoms with van der Waals surface area (Å²) in [6.45, 7) is 6.62. The van der Waals surface area contributed by atoms with E-state index < -0.39 is 0 Å². The molecule has 0 saturated heterocycles. The number of carbonyl (C=O) groups is 2. The lowest BCUT2D eigenvalue weighted by atomic mass is 10.0. The largest absolute Gasteiger partial charge is 0.379 e. The number of carbonyl (C=O) groups excluding carboxylic acids is 2. The van der Waals surface area contributed by atoms with Crippen molar-refractivity contribution in [3.8, 4) is 0 Å². The minimum Gasteiger partial charge on any atom is -0.379 e. The Hall–Kier alpha value is -2.63. The van der Waals surface area contributed by atoms with Gasteiger partial charge in [-0.1, -0.05) is 41.9 Å². The summed E-state index contributed by atoms with van der Waals surface area (Å²) < 4.78 is 5.54. The first-order valence-electron chi connectivity index (χ1n) is 9.69. The molecule has 1 heterocycles. The summed E-state index contributed by atoms with van der Waals surface area (Å²) in [7, 11) is 0. The minimum absolute atomic E-state index is 0.114. The van der Waals surface area contributed by atoms with Crippen molar-refractivity contribution in [1.82, 2.24) is 4.90 Å². The highest BCUT2D eigenvalue weighted by molar-refractivity contribution is 6.36. The third kappa shape index (κ3) is 4.86. The van der Waals surface area contributed by atoms with Crippen LogP contribution in [0.2, 0.25) is 5.02 Å². The summed E-state index contributed by atoms with van der Waals surface area (Å²) in [5, 5.41) is 3.80. The van der Waals surface area contributed by atoms with Crippen LogP contribution in [0.4, 0.5) is 5.69 Å². The van der Waals surface area contributed by atoms with E-state index in [2.05, 4.69) is 5.32 Å². The Morgan fingerprint density at radius 2 is 1.79 bits per heavy atom. The average Bonchev–Trinajstić information content (AvgIpc) is 2.91. The smallest absolute Gasteiger partial charge is 0.278 e. The molecule has 152 valence electrons. The molecule has 0 atom stereocenters. The number of nitrogens with one attached hydrogen (secondary N) is 1. The van der Waals surface area contributed by atoms with Gasteiger partial charge >= 0.3 is 0 Å². The van der Waals surface area contributed by atoms with Gasteiger partial charge in [-0.3, -0.25) is 14.5 Å². The number of nitrogens with zero attached hydrogens (tertiary/aromatic N) is 1. The van der Waals surface area contributed by atoms with Gasteiger partial charge in [-0.25, -0.2) is 0 Å². The number of amides is 2. The Labute approximate surface area is 176 Å². The van der Waals surface area contributed by atoms with E-state index in [4.69, 9.17) is 16.3 Å². The topological polar surface area (TPSA) is 58.6 Å². The summed E-state index contributed by atoms with van der Waals surface area (Å²) in [6, 6.07) is 14.6. The van der Waals surface area contributed by atoms with Gasteiger partial charge in [-0.2, -0.15) is 0 Å². The number of benzene rings is 2. The lowest BCUT2D eigenvalue weighted by molar-refractivity contribution is -0.137. The number of halogens is 1. The van der Waals surface area contributed by atoms with Gasteiger partial charge in [0.15, 0.2) is 0 Å². The van der Waals surface area contributed by atoms with Crippen LogP contribution >= 0.6 is 11.6 Å². The van der Waals surface area contributed by atoms with Crippen LogP contribution in [0.3, 0.4) is 0 Å². The summed E-state index contributed by atoms with van der Waals surface area (Å²) in [5.41, 5.74) is 3.01. The SMILES string of the molecule is Cc1cc(Cl)ccc1NC1=C(c2ccccc2)C(=O)N(CCCOC(C)C)C1=O. The number of ether oxygens (including phenoxy) is 1. The monoisotopic (exact) mass is 412 g/mol. The van der Waals surface area contributed by atoms with Crippen LogP contribution in [-0.4, -0.2) is 36.0 Å². The van der Waals surface area contributed by atoms with E-state index in [0.717, 1.165) is 11.3 Å². The normalized spacial score (nSPS) is 14.3. The van der Waals surface area contributed by atoms with Crippen molar-refractivity contribution in [2.75, 3.05) is 18.5 Å². The van der Waals surface area contributed by atoms with Crippen molar-refractivity contribution in [2.24, 2.45) is 0 Å². The maximum Gasteiger partial charge on any atom is 0.278 e. The molecule has 6 heteroatoms. The summed E-state index contributed by atoms with van der Waals surface area (Å²) in [6.07, 6.45) is 0.702. The van der Waals surface area contributed by atoms with Crippen molar-refractivity contribution < 1.29 is 14.3 Å². The predicted octanol–water partition coefficient (Wildman–Crippen LogP) is 4.66. The van der Waals surface area contributed by atoms with E-state index >= 15 is 0 Å². The maximum absolute atomic E-state index is 13.1. The summed E-state index contributed by atoms with van der Waals surface area (Å²) in [4.78, 5) is 27.5. The first-order valence-corrected chi connectivity index (χ1v) is 10.1. The van der Waals surface area contributed by atoms with Gasteiger partial charge in [0.25, 0.3) is 11.8 Å². The van der Waals surface area contributed by atoms with E-state index in [1.54, 1.807) is 6.07 Å². The number of imide groups is 1. The highest BCUT2D eigenvalue weighted by Gasteiger charge is 2.38. The standard InChI is InChI=1S/C23H25ClN2O3/c1-15(2)29-13-7-12-26-22(27)20(17-8-5-4-6-9-17)21(23(26)28)25-19-11-10-18(24)14-16(19)3/h4-6,8-11,14-15,25H,7,12-13H2,1-3H3. The molecular weight excluding hydrogens is 388 g/mol. The van der Waals surface area contributed by atoms with E-state index in [9.17, 15) is 9.59 Å². The van der Waals surface area contributed by atoms with Gasteiger partial charge in [0, 0.05) is 23.9 Å². The molecule has 0 fully saturated rings. The Kier molecular flexibility index (Phi) is 6.72. The number of anilines is 1. The molecule has 0 saturated carbocycles. The van der Waals surface area contributed by atoms with Gasteiger partial charge < -0.3 is 10.1 Å². The van der Waals surface area contributed by atoms with Crippen molar-refractivity contribution in [1.29, 1.82) is 0 Å². The lowest BCUT2D eigenvalue weighted by Gasteiger charge is -2.16. The quantitative estimate of drug-likeness (QED) is 0.506. The molecular formula is C23H25ClN2O3. The van der Waals surface area contributed by atoms with Gasteiger partial charge in [-0.15, -0.1) is 0 Å². The zero-order valence-electron chi connectivity index (χ0n) is 16.9. The Balaban J connectivity index is 1.90. The van der Waals surface area contributed by atoms with E-state index in [0.29, 0.717) is 35.7 Å². The molecule has 0 bridgehead atoms. The molecule has 1 aliphatic rings. The van der Waals surface area contributed by atoms with Crippen LogP contribution in [0.15, 0.2) is 54.2 Å². The van der Waals surface area contributed by atoms with Crippen LogP contribution in [0.5, 0.6) is 0 Å². The third-order valence-corrected chi connectivity index (χ3v) is 4.89. The molecule has 0 spiro atoms. The molecule has 2 aromatic rings. The van der Waals surface area contributed by atoms with E-state index in [1.165, 1.54) is 4.90 Å². The minimum atomic E-state index is -0.326. The maximum atomic E-state index is 13.1. The molecule has 3 rings (SSSR count). The highest BCUT2D eigenvalue weighted by Crippen LogP contribution is 2.31. The van der Waals surface area contributed by atoms with Gasteiger partial charge in [0.2, 0.25) is 0 Å². The average molecular weight is 413 g/mol. The van der Waals surface area contributed by atoms with Gasteiger partial charge in [-0.05, 0) is 56.5 Å². The second kappa shape index (κ2) is 9.25. The first kappa shape index (κ1) is 21.1. The van der Waals surface area contributed by atoms with E-state index in [-0.39, 0.29) is 23.6 Å². The fraction of sp³-hybridized carbons (Fsp3) is 0.304. The molecule has 1 N–H and O–H groups in total. The molecule has 0 aliphatic carbocycles. The molecule has 5 nitrogen and oxygen atoms in total. The molecule has 0 unspecified atom stereocenters. The van der Waals surface area contributed by atoms with Crippen LogP contribution in [0.1, 0.15) is 31.4 Å². The van der Waals surface area contributed by atoms with Crippen molar-refractivity contribution in [3.63, 3.8) is 0 Å². The first-order chi connectivity index (χ1) is 13.9. The second-order valence-corrected chi connectivity index (χ2v) is 7.67. The number of hydrogen-bond acceptors (Lipinski definition) is 4. The highest BCUT2D eigenvalue weighted by atomic mass is 35.5. The zero-order valence-corrected chi connectivity index (χ0v) is 17.6. The third-order valence-electron chi connectivity index (χ3n) is 4.66. The number of rotatable bonds is 8. The fourth-order valence-electron chi connectivity index (χ4n) is 3.21. The summed E-state index contributed by atoms with van der Waals surface area (Å²) >= 11 is 6.05. The second-order valence-electron chi connectivity index (χ2n) is 7.24. The lowest BCUT2D eigenvalue weighted by Crippen LogP contribution is -2.34. The Morgan fingerprint density at radius 3 is 2.45 bits per heavy atom. The van der Waals surface area contributed by atoms with Crippen LogP contribution in [0.25, 0.3) is 5.57 Å². The molecule has 0 aromatic heterocycles. The molecule has 29 heavy (non-hydrogen) atoms. The van der Waals surface area contributed by atoms with Crippen LogP contribution < -0.4 is 5.32 Å². The Bertz CT molecular complexity index is 938. The fourth-order valence-corrected chi connectivity index (χ4v) is 3.44. The van der Waals surface area contributed by atoms with Gasteiger partial charge in [0.1, 0.15) is 5.70 Å². The number of hydrogen-bond donors (Lipinski definition) is 1. The van der Waals surface area contributed by atoms with Crippen molar-refractivity contribution >= 4 is 34.7 Å². The van der Waals surface area contributed by atoms with Gasteiger partial charge in [0.05, 0.1) is 11.7 Å². The number of aryl methyl sites for hydroxylation is 1. The van der Waals surface area contributed by atoms with Crippen molar-refractivity contribution in [3.05, 3.63) is 70.4 Å². The van der Waals surface area contributed by atoms with Crippen LogP contribution in [0, 0.1) is 6.92 Å². The Morgan fingerprint density at radius 1 is 1.07 bits per heavy atom.